The number of hydrogen-bond donors (Lipinski definition) is 0. The first kappa shape index (κ1) is 25.5. The fourth-order valence-corrected chi connectivity index (χ4v) is 4.74. The van der Waals surface area contributed by atoms with Gasteiger partial charge in [0.2, 0.25) is 10.0 Å². The van der Waals surface area contributed by atoms with Gasteiger partial charge in [-0.15, -0.1) is 0 Å². The van der Waals surface area contributed by atoms with Crippen LogP contribution in [0.15, 0.2) is 53.4 Å². The van der Waals surface area contributed by atoms with Gasteiger partial charge in [0.05, 0.1) is 10.5 Å². The molecule has 0 saturated carbocycles. The Balaban J connectivity index is 0.00000196. The zero-order chi connectivity index (χ0) is 18.9. The van der Waals surface area contributed by atoms with Crippen molar-refractivity contribution in [3.8, 4) is 0 Å². The van der Waals surface area contributed by atoms with Crippen LogP contribution >= 0.6 is 0 Å². The van der Waals surface area contributed by atoms with Gasteiger partial charge in [-0.05, 0) is 43.3 Å². The molecule has 1 aliphatic heterocycles. The van der Waals surface area contributed by atoms with Crippen molar-refractivity contribution in [2.75, 3.05) is 6.54 Å². The molecule has 3 nitrogen and oxygen atoms in total. The summed E-state index contributed by atoms with van der Waals surface area (Å²) in [6.45, 7) is 2.18. The molecule has 0 radical (unpaired) electrons. The van der Waals surface area contributed by atoms with Crippen LogP contribution in [0.5, 0.6) is 0 Å². The summed E-state index contributed by atoms with van der Waals surface area (Å²) in [5.41, 5.74) is 0.772. The van der Waals surface area contributed by atoms with E-state index in [-0.39, 0.29) is 48.4 Å². The molecule has 0 aliphatic carbocycles. The SMILES string of the molecule is Cc1ccc(S(=O)(=O)N2CC[CH-]CC2c2ccc(C(F)(F)F)cc2)cc1.[I-].[Zn+2]. The van der Waals surface area contributed by atoms with Gasteiger partial charge < -0.3 is 30.4 Å². The third-order valence-electron chi connectivity index (χ3n) is 4.54. The van der Waals surface area contributed by atoms with Crippen LogP contribution in [0.4, 0.5) is 13.2 Å². The number of aryl methyl sites for hydroxylation is 1. The van der Waals surface area contributed by atoms with E-state index in [1.807, 2.05) is 13.3 Å². The van der Waals surface area contributed by atoms with Crippen LogP contribution < -0.4 is 24.0 Å². The zero-order valence-electron chi connectivity index (χ0n) is 15.3. The Hall–Kier alpha value is -0.507. The second-order valence-corrected chi connectivity index (χ2v) is 8.27. The van der Waals surface area contributed by atoms with Crippen molar-refractivity contribution in [2.24, 2.45) is 0 Å². The van der Waals surface area contributed by atoms with Crippen LogP contribution in [0.25, 0.3) is 0 Å². The molecule has 0 spiro atoms. The molecule has 28 heavy (non-hydrogen) atoms. The molecule has 0 bridgehead atoms. The van der Waals surface area contributed by atoms with E-state index in [0.29, 0.717) is 24.9 Å². The Labute approximate surface area is 193 Å². The van der Waals surface area contributed by atoms with Gasteiger partial charge >= 0.3 is 25.7 Å². The topological polar surface area (TPSA) is 37.4 Å². The van der Waals surface area contributed by atoms with E-state index in [9.17, 15) is 21.6 Å². The molecule has 148 valence electrons. The first-order chi connectivity index (χ1) is 12.2. The van der Waals surface area contributed by atoms with Crippen LogP contribution in [0, 0.1) is 13.3 Å². The second-order valence-electron chi connectivity index (χ2n) is 6.38. The molecule has 2 aromatic carbocycles. The average molecular weight is 575 g/mol. The van der Waals surface area contributed by atoms with Crippen molar-refractivity contribution in [3.63, 3.8) is 0 Å². The van der Waals surface area contributed by atoms with E-state index < -0.39 is 27.8 Å². The Morgan fingerprint density at radius 3 is 2.14 bits per heavy atom. The van der Waals surface area contributed by atoms with Crippen molar-refractivity contribution in [1.82, 2.24) is 4.31 Å². The van der Waals surface area contributed by atoms with Gasteiger partial charge in [0.1, 0.15) is 0 Å². The fraction of sp³-hybridized carbons (Fsp3) is 0.316. The minimum atomic E-state index is -4.41. The summed E-state index contributed by atoms with van der Waals surface area (Å²) < 4.78 is 65.8. The standard InChI is InChI=1S/C19H19F3NO2S.HI.Zn/c1-14-5-11-17(12-6-14)26(24,25)23-13-3-2-4-18(23)15-7-9-16(10-8-15)19(20,21)22;;/h2,5-12,18H,3-4,13H2,1H3;1H;/q-1;;+2/p-1. The fourth-order valence-electron chi connectivity index (χ4n) is 3.10. The van der Waals surface area contributed by atoms with Crippen molar-refractivity contribution in [2.45, 2.75) is 36.9 Å². The third kappa shape index (κ3) is 5.55. The number of piperidine rings is 1. The summed E-state index contributed by atoms with van der Waals surface area (Å²) in [6.07, 6.45) is -1.35. The van der Waals surface area contributed by atoms with Crippen molar-refractivity contribution in [1.29, 1.82) is 0 Å². The minimum Gasteiger partial charge on any atom is -1.00 e. The van der Waals surface area contributed by atoms with Crippen molar-refractivity contribution >= 4 is 10.0 Å². The molecule has 1 saturated heterocycles. The maximum Gasteiger partial charge on any atom is 2.00 e. The summed E-state index contributed by atoms with van der Waals surface area (Å²) in [4.78, 5) is 0.196. The second kappa shape index (κ2) is 10.0. The first-order valence-corrected chi connectivity index (χ1v) is 9.71. The number of halogens is 4. The molecule has 1 atom stereocenters. The maximum atomic E-state index is 13.0. The van der Waals surface area contributed by atoms with Crippen LogP contribution in [-0.2, 0) is 35.7 Å². The molecular weight excluding hydrogens is 556 g/mol. The average Bonchev–Trinajstić information content (AvgIpc) is 2.61. The van der Waals surface area contributed by atoms with E-state index in [0.717, 1.165) is 17.7 Å². The quantitative estimate of drug-likeness (QED) is 0.318. The molecule has 2 aromatic rings. The zero-order valence-corrected chi connectivity index (χ0v) is 21.2. The minimum absolute atomic E-state index is 0. The molecule has 3 rings (SSSR count). The van der Waals surface area contributed by atoms with Gasteiger partial charge in [0.25, 0.3) is 0 Å². The predicted octanol–water partition coefficient (Wildman–Crippen LogP) is 1.75. The molecule has 9 heteroatoms. The predicted molar refractivity (Wildman–Crippen MR) is 92.8 cm³/mol. The number of hydrogen-bond acceptors (Lipinski definition) is 2. The van der Waals surface area contributed by atoms with Gasteiger partial charge in [0.15, 0.2) is 0 Å². The van der Waals surface area contributed by atoms with E-state index in [1.165, 1.54) is 16.4 Å². The Morgan fingerprint density at radius 1 is 1.04 bits per heavy atom. The van der Waals surface area contributed by atoms with Gasteiger partial charge in [-0.1, -0.05) is 29.8 Å². The summed E-state index contributed by atoms with van der Waals surface area (Å²) in [5.74, 6) is 0. The summed E-state index contributed by atoms with van der Waals surface area (Å²) in [5, 5.41) is 0. The number of benzene rings is 2. The van der Waals surface area contributed by atoms with Crippen molar-refractivity contribution in [3.05, 3.63) is 71.6 Å². The molecular formula is C19H19F3INO2SZn. The molecule has 1 fully saturated rings. The smallest absolute Gasteiger partial charge is 1.00 e. The summed E-state index contributed by atoms with van der Waals surface area (Å²) >= 11 is 0. The number of sulfonamides is 1. The van der Waals surface area contributed by atoms with Gasteiger partial charge in [-0.2, -0.15) is 30.3 Å². The molecule has 1 heterocycles. The molecule has 0 aromatic heterocycles. The summed E-state index contributed by atoms with van der Waals surface area (Å²) in [7, 11) is -3.72. The van der Waals surface area contributed by atoms with Crippen LogP contribution in [0.1, 0.15) is 35.6 Å². The third-order valence-corrected chi connectivity index (χ3v) is 6.46. The van der Waals surface area contributed by atoms with Gasteiger partial charge in [-0.3, -0.25) is 0 Å². The Kier molecular flexibility index (Phi) is 9.12. The van der Waals surface area contributed by atoms with Crippen LogP contribution in [0.3, 0.4) is 0 Å². The molecule has 1 aliphatic rings. The molecule has 1 unspecified atom stereocenters. The van der Waals surface area contributed by atoms with Crippen LogP contribution in [-0.4, -0.2) is 19.3 Å². The van der Waals surface area contributed by atoms with Gasteiger partial charge in [0, 0.05) is 6.04 Å². The number of rotatable bonds is 3. The Morgan fingerprint density at radius 2 is 1.61 bits per heavy atom. The Bertz CT molecular complexity index is 872. The van der Waals surface area contributed by atoms with Crippen molar-refractivity contribution < 1.29 is 65.0 Å². The number of alkyl halides is 3. The maximum absolute atomic E-state index is 13.0. The molecule has 0 amide bonds. The van der Waals surface area contributed by atoms with Gasteiger partial charge in [-0.25, -0.2) is 8.42 Å². The van der Waals surface area contributed by atoms with E-state index >= 15 is 0 Å². The summed E-state index contributed by atoms with van der Waals surface area (Å²) in [6, 6.07) is 10.8. The number of nitrogens with zero attached hydrogens (tertiary/aromatic N) is 1. The monoisotopic (exact) mass is 573 g/mol. The normalized spacial score (nSPS) is 18.1. The van der Waals surface area contributed by atoms with E-state index in [1.54, 1.807) is 24.3 Å². The van der Waals surface area contributed by atoms with E-state index in [2.05, 4.69) is 0 Å². The largest absolute Gasteiger partial charge is 2.00 e. The first-order valence-electron chi connectivity index (χ1n) is 8.27. The van der Waals surface area contributed by atoms with Crippen LogP contribution in [0.2, 0.25) is 0 Å². The van der Waals surface area contributed by atoms with E-state index in [4.69, 9.17) is 0 Å². The molecule has 0 N–H and O–H groups in total.